The van der Waals surface area contributed by atoms with Gasteiger partial charge in [-0.1, -0.05) is 12.1 Å². The Hall–Kier alpha value is -3.61. The first-order valence-electron chi connectivity index (χ1n) is 9.63. The molecule has 1 aromatic heterocycles. The Morgan fingerprint density at radius 2 is 1.77 bits per heavy atom. The molecule has 1 heterocycles. The lowest BCUT2D eigenvalue weighted by Gasteiger charge is -2.11. The summed E-state index contributed by atoms with van der Waals surface area (Å²) in [5.41, 5.74) is 3.83. The molecule has 1 amide bonds. The normalized spacial score (nSPS) is 10.4. The molecule has 0 aliphatic heterocycles. The standard InChI is InChI=1S/C23H25N3O4/c1-16-5-4-6-21(17(16)2)30-15-22(27)24-13-14-29-23-12-11-20(25-26-23)18-7-9-19(28-3)10-8-18/h4-12H,13-15H2,1-3H3,(H,24,27). The van der Waals surface area contributed by atoms with Gasteiger partial charge in [0.2, 0.25) is 5.88 Å². The largest absolute Gasteiger partial charge is 0.497 e. The fourth-order valence-corrected chi connectivity index (χ4v) is 2.73. The molecular formula is C23H25N3O4. The highest BCUT2D eigenvalue weighted by Crippen LogP contribution is 2.21. The quantitative estimate of drug-likeness (QED) is 0.548. The van der Waals surface area contributed by atoms with Gasteiger partial charge in [-0.05, 0) is 61.4 Å². The van der Waals surface area contributed by atoms with E-state index in [0.29, 0.717) is 18.2 Å². The number of nitrogens with one attached hydrogen (secondary N) is 1. The lowest BCUT2D eigenvalue weighted by molar-refractivity contribution is -0.123. The van der Waals surface area contributed by atoms with Crippen LogP contribution in [0.3, 0.4) is 0 Å². The lowest BCUT2D eigenvalue weighted by atomic mass is 10.1. The van der Waals surface area contributed by atoms with Gasteiger partial charge in [-0.2, -0.15) is 0 Å². The molecule has 30 heavy (non-hydrogen) atoms. The molecule has 0 radical (unpaired) electrons. The molecule has 2 aromatic carbocycles. The molecule has 0 bridgehead atoms. The molecule has 7 heteroatoms. The average Bonchev–Trinajstić information content (AvgIpc) is 2.78. The summed E-state index contributed by atoms with van der Waals surface area (Å²) in [6.07, 6.45) is 0. The number of amides is 1. The molecule has 0 fully saturated rings. The number of nitrogens with zero attached hydrogens (tertiary/aromatic N) is 2. The average molecular weight is 407 g/mol. The topological polar surface area (TPSA) is 82.6 Å². The molecule has 1 N–H and O–H groups in total. The minimum absolute atomic E-state index is 0.0410. The Balaban J connectivity index is 1.39. The van der Waals surface area contributed by atoms with E-state index in [1.54, 1.807) is 13.2 Å². The number of benzene rings is 2. The third-order valence-electron chi connectivity index (χ3n) is 4.61. The van der Waals surface area contributed by atoms with Crippen LogP contribution in [-0.2, 0) is 4.79 Å². The van der Waals surface area contributed by atoms with Crippen molar-refractivity contribution in [2.24, 2.45) is 0 Å². The highest BCUT2D eigenvalue weighted by atomic mass is 16.5. The van der Waals surface area contributed by atoms with Gasteiger partial charge in [0.25, 0.3) is 5.91 Å². The van der Waals surface area contributed by atoms with Crippen molar-refractivity contribution in [2.45, 2.75) is 13.8 Å². The maximum absolute atomic E-state index is 11.9. The molecule has 0 saturated carbocycles. The lowest BCUT2D eigenvalue weighted by Crippen LogP contribution is -2.32. The van der Waals surface area contributed by atoms with Crippen molar-refractivity contribution < 1.29 is 19.0 Å². The van der Waals surface area contributed by atoms with Crippen LogP contribution in [-0.4, -0.2) is 43.0 Å². The fourth-order valence-electron chi connectivity index (χ4n) is 2.73. The first-order chi connectivity index (χ1) is 14.6. The third kappa shape index (κ3) is 5.70. The molecule has 3 aromatic rings. The van der Waals surface area contributed by atoms with Crippen LogP contribution in [0.1, 0.15) is 11.1 Å². The van der Waals surface area contributed by atoms with Crippen molar-refractivity contribution in [2.75, 3.05) is 26.9 Å². The van der Waals surface area contributed by atoms with Gasteiger partial charge in [0.05, 0.1) is 19.3 Å². The van der Waals surface area contributed by atoms with Crippen LogP contribution in [0.4, 0.5) is 0 Å². The Morgan fingerprint density at radius 1 is 0.967 bits per heavy atom. The minimum Gasteiger partial charge on any atom is -0.497 e. The second kappa shape index (κ2) is 10.2. The predicted octanol–water partition coefficient (Wildman–Crippen LogP) is 3.34. The molecule has 0 atom stereocenters. The maximum Gasteiger partial charge on any atom is 0.258 e. The van der Waals surface area contributed by atoms with Crippen molar-refractivity contribution in [1.29, 1.82) is 0 Å². The van der Waals surface area contributed by atoms with Crippen molar-refractivity contribution in [1.82, 2.24) is 15.5 Å². The van der Waals surface area contributed by atoms with Crippen molar-refractivity contribution in [3.05, 3.63) is 65.7 Å². The predicted molar refractivity (Wildman–Crippen MR) is 114 cm³/mol. The highest BCUT2D eigenvalue weighted by molar-refractivity contribution is 5.77. The van der Waals surface area contributed by atoms with Crippen LogP contribution in [0.15, 0.2) is 54.6 Å². The van der Waals surface area contributed by atoms with Gasteiger partial charge in [0.1, 0.15) is 18.1 Å². The zero-order valence-corrected chi connectivity index (χ0v) is 17.3. The zero-order chi connectivity index (χ0) is 21.3. The summed E-state index contributed by atoms with van der Waals surface area (Å²) >= 11 is 0. The molecule has 7 nitrogen and oxygen atoms in total. The van der Waals surface area contributed by atoms with Crippen LogP contribution in [0.5, 0.6) is 17.4 Å². The Morgan fingerprint density at radius 3 is 2.47 bits per heavy atom. The molecule has 156 valence electrons. The Kier molecular flexibility index (Phi) is 7.21. The summed E-state index contributed by atoms with van der Waals surface area (Å²) in [6, 6.07) is 16.9. The smallest absolute Gasteiger partial charge is 0.258 e. The summed E-state index contributed by atoms with van der Waals surface area (Å²) < 4.78 is 16.3. The molecule has 3 rings (SSSR count). The number of carbonyl (C=O) groups is 1. The Labute approximate surface area is 176 Å². The molecule has 0 unspecified atom stereocenters. The van der Waals surface area contributed by atoms with Gasteiger partial charge in [0, 0.05) is 11.6 Å². The summed E-state index contributed by atoms with van der Waals surface area (Å²) in [4.78, 5) is 11.9. The number of carbonyl (C=O) groups excluding carboxylic acids is 1. The Bertz CT molecular complexity index is 973. The van der Waals surface area contributed by atoms with Gasteiger partial charge < -0.3 is 19.5 Å². The number of aromatic nitrogens is 2. The van der Waals surface area contributed by atoms with E-state index in [2.05, 4.69) is 15.5 Å². The van der Waals surface area contributed by atoms with Crippen LogP contribution >= 0.6 is 0 Å². The molecule has 0 aliphatic rings. The van der Waals surface area contributed by atoms with Crippen LogP contribution < -0.4 is 19.5 Å². The van der Waals surface area contributed by atoms with E-state index in [9.17, 15) is 4.79 Å². The maximum atomic E-state index is 11.9. The molecule has 0 aliphatic carbocycles. The zero-order valence-electron chi connectivity index (χ0n) is 17.3. The fraction of sp³-hybridized carbons (Fsp3) is 0.261. The van der Waals surface area contributed by atoms with Gasteiger partial charge in [-0.15, -0.1) is 10.2 Å². The van der Waals surface area contributed by atoms with E-state index < -0.39 is 0 Å². The van der Waals surface area contributed by atoms with E-state index in [4.69, 9.17) is 14.2 Å². The van der Waals surface area contributed by atoms with Gasteiger partial charge in [0.15, 0.2) is 6.61 Å². The van der Waals surface area contributed by atoms with Gasteiger partial charge >= 0.3 is 0 Å². The van der Waals surface area contributed by atoms with Crippen molar-refractivity contribution >= 4 is 5.91 Å². The summed E-state index contributed by atoms with van der Waals surface area (Å²) in [6.45, 7) is 4.56. The first-order valence-corrected chi connectivity index (χ1v) is 9.63. The second-order valence-electron chi connectivity index (χ2n) is 6.67. The van der Waals surface area contributed by atoms with Gasteiger partial charge in [-0.3, -0.25) is 4.79 Å². The van der Waals surface area contributed by atoms with E-state index in [0.717, 1.165) is 28.1 Å². The second-order valence-corrected chi connectivity index (χ2v) is 6.67. The summed E-state index contributed by atoms with van der Waals surface area (Å²) in [7, 11) is 1.63. The third-order valence-corrected chi connectivity index (χ3v) is 4.61. The van der Waals surface area contributed by atoms with E-state index in [-0.39, 0.29) is 19.1 Å². The number of ether oxygens (including phenoxy) is 3. The van der Waals surface area contributed by atoms with Crippen LogP contribution in [0, 0.1) is 13.8 Å². The molecule has 0 spiro atoms. The first kappa shape index (κ1) is 21.1. The highest BCUT2D eigenvalue weighted by Gasteiger charge is 2.06. The van der Waals surface area contributed by atoms with Crippen molar-refractivity contribution in [3.63, 3.8) is 0 Å². The number of rotatable bonds is 9. The van der Waals surface area contributed by atoms with E-state index in [1.165, 1.54) is 0 Å². The van der Waals surface area contributed by atoms with Crippen LogP contribution in [0.25, 0.3) is 11.3 Å². The van der Waals surface area contributed by atoms with Gasteiger partial charge in [-0.25, -0.2) is 0 Å². The van der Waals surface area contributed by atoms with Crippen molar-refractivity contribution in [3.8, 4) is 28.6 Å². The summed E-state index contributed by atoms with van der Waals surface area (Å²) in [5, 5.41) is 11.0. The number of hydrogen-bond acceptors (Lipinski definition) is 6. The number of methoxy groups -OCH3 is 1. The number of aryl methyl sites for hydroxylation is 1. The SMILES string of the molecule is COc1ccc(-c2ccc(OCCNC(=O)COc3cccc(C)c3C)nn2)cc1. The molecule has 0 saturated heterocycles. The monoisotopic (exact) mass is 407 g/mol. The molecular weight excluding hydrogens is 382 g/mol. The number of hydrogen-bond donors (Lipinski definition) is 1. The summed E-state index contributed by atoms with van der Waals surface area (Å²) in [5.74, 6) is 1.69. The van der Waals surface area contributed by atoms with E-state index in [1.807, 2.05) is 62.4 Å². The minimum atomic E-state index is -0.208. The van der Waals surface area contributed by atoms with E-state index >= 15 is 0 Å². The van der Waals surface area contributed by atoms with Crippen LogP contribution in [0.2, 0.25) is 0 Å².